The number of hydrogen-bond acceptors (Lipinski definition) is 6. The molecule has 0 radical (unpaired) electrons. The Morgan fingerprint density at radius 3 is 2.79 bits per heavy atom. The molecule has 2 aromatic heterocycles. The first-order valence-corrected chi connectivity index (χ1v) is 13.6. The molecule has 0 saturated carbocycles. The van der Waals surface area contributed by atoms with Crippen molar-refractivity contribution in [3.63, 3.8) is 0 Å². The summed E-state index contributed by atoms with van der Waals surface area (Å²) in [6.07, 6.45) is 4.23. The molecule has 1 aromatic carbocycles. The zero-order valence-corrected chi connectivity index (χ0v) is 23.1. The highest BCUT2D eigenvalue weighted by atomic mass is 35.5. The molecule has 2 amide bonds. The van der Waals surface area contributed by atoms with Gasteiger partial charge in [0, 0.05) is 47.7 Å². The van der Waals surface area contributed by atoms with Crippen LogP contribution in [-0.4, -0.2) is 77.3 Å². The Labute approximate surface area is 227 Å². The average Bonchev–Trinajstić information content (AvgIpc) is 3.52. The largest absolute Gasteiger partial charge is 0.381 e. The number of amides is 2. The second-order valence-corrected chi connectivity index (χ2v) is 11.8. The van der Waals surface area contributed by atoms with Crippen LogP contribution in [0.15, 0.2) is 30.6 Å². The van der Waals surface area contributed by atoms with Gasteiger partial charge in [0.2, 0.25) is 11.8 Å². The van der Waals surface area contributed by atoms with Gasteiger partial charge in [-0.15, -0.1) is 0 Å². The van der Waals surface area contributed by atoms with Crippen molar-refractivity contribution in [3.05, 3.63) is 35.6 Å². The van der Waals surface area contributed by atoms with Crippen LogP contribution in [0, 0.1) is 11.8 Å². The summed E-state index contributed by atoms with van der Waals surface area (Å²) in [5.41, 5.74) is 1.84. The smallest absolute Gasteiger partial charge is 0.244 e. The van der Waals surface area contributed by atoms with Crippen molar-refractivity contribution in [1.82, 2.24) is 20.2 Å². The van der Waals surface area contributed by atoms with Gasteiger partial charge < -0.3 is 25.1 Å². The fraction of sp³-hybridized carbons (Fsp3) is 0.536. The van der Waals surface area contributed by atoms with E-state index in [1.165, 1.54) is 0 Å². The van der Waals surface area contributed by atoms with Crippen LogP contribution in [0.3, 0.4) is 0 Å². The molecule has 2 aliphatic heterocycles. The highest BCUT2D eigenvalue weighted by Crippen LogP contribution is 2.33. The standard InChI is InChI=1S/C28H36ClN5O4/c1-16(2)23(33-26(35)17-6-8-37-13-17)12-34-15-28(3,4)38-14-24(34)27(36)32-21-10-18(29)9-20-19-5-7-30-11-22(19)31-25(20)21/h5,7,9-11,16-17,23-24,31H,6,8,12-15H2,1-4H3,(H,32,36)(H,33,35)/t17?,23-,24?/m1/s1. The quantitative estimate of drug-likeness (QED) is 0.418. The summed E-state index contributed by atoms with van der Waals surface area (Å²) < 4.78 is 11.5. The van der Waals surface area contributed by atoms with Crippen LogP contribution in [-0.2, 0) is 19.1 Å². The number of aromatic amines is 1. The number of halogens is 1. The Hall–Kier alpha value is -2.72. The zero-order chi connectivity index (χ0) is 27.0. The first kappa shape index (κ1) is 26.9. The summed E-state index contributed by atoms with van der Waals surface area (Å²) in [6, 6.07) is 4.91. The molecule has 38 heavy (non-hydrogen) atoms. The van der Waals surface area contributed by atoms with E-state index in [4.69, 9.17) is 21.1 Å². The number of rotatable bonds is 7. The van der Waals surface area contributed by atoms with Crippen LogP contribution >= 0.6 is 11.6 Å². The first-order chi connectivity index (χ1) is 18.1. The number of pyridine rings is 1. The molecule has 0 aliphatic carbocycles. The topological polar surface area (TPSA) is 109 Å². The van der Waals surface area contributed by atoms with E-state index in [9.17, 15) is 9.59 Å². The minimum absolute atomic E-state index is 0.0179. The number of morpholine rings is 1. The molecule has 3 atom stereocenters. The number of benzene rings is 1. The number of carbonyl (C=O) groups excluding carboxylic acids is 2. The van der Waals surface area contributed by atoms with Crippen molar-refractivity contribution in [1.29, 1.82) is 0 Å². The van der Waals surface area contributed by atoms with Crippen molar-refractivity contribution in [2.75, 3.05) is 38.2 Å². The van der Waals surface area contributed by atoms with E-state index >= 15 is 0 Å². The first-order valence-electron chi connectivity index (χ1n) is 13.2. The van der Waals surface area contributed by atoms with Gasteiger partial charge in [0.05, 0.1) is 47.7 Å². The van der Waals surface area contributed by atoms with E-state index in [0.717, 1.165) is 28.2 Å². The molecule has 10 heteroatoms. The third-order valence-electron chi connectivity index (χ3n) is 7.56. The summed E-state index contributed by atoms with van der Waals surface area (Å²) >= 11 is 6.46. The number of ether oxygens (including phenoxy) is 2. The van der Waals surface area contributed by atoms with E-state index in [-0.39, 0.29) is 36.3 Å². The van der Waals surface area contributed by atoms with E-state index < -0.39 is 11.6 Å². The summed E-state index contributed by atoms with van der Waals surface area (Å²) in [6.45, 7) is 10.6. The van der Waals surface area contributed by atoms with Gasteiger partial charge in [0.25, 0.3) is 0 Å². The predicted octanol–water partition coefficient (Wildman–Crippen LogP) is 3.96. The van der Waals surface area contributed by atoms with Crippen LogP contribution in [0.25, 0.3) is 21.8 Å². The molecule has 2 unspecified atom stereocenters. The van der Waals surface area contributed by atoms with Crippen LogP contribution in [0.1, 0.15) is 34.1 Å². The van der Waals surface area contributed by atoms with Crippen molar-refractivity contribution in [2.45, 2.75) is 51.8 Å². The molecule has 204 valence electrons. The summed E-state index contributed by atoms with van der Waals surface area (Å²) in [5, 5.41) is 8.76. The molecule has 0 bridgehead atoms. The molecule has 0 spiro atoms. The molecule has 2 fully saturated rings. The van der Waals surface area contributed by atoms with Crippen molar-refractivity contribution in [2.24, 2.45) is 11.8 Å². The lowest BCUT2D eigenvalue weighted by Crippen LogP contribution is -2.61. The lowest BCUT2D eigenvalue weighted by atomic mass is 9.98. The maximum atomic E-state index is 13.7. The Morgan fingerprint density at radius 1 is 1.24 bits per heavy atom. The molecule has 9 nitrogen and oxygen atoms in total. The van der Waals surface area contributed by atoms with Crippen molar-refractivity contribution >= 4 is 50.9 Å². The molecular weight excluding hydrogens is 506 g/mol. The normalized spacial score (nSPS) is 22.7. The number of nitrogens with one attached hydrogen (secondary N) is 3. The predicted molar refractivity (Wildman–Crippen MR) is 148 cm³/mol. The molecular formula is C28H36ClN5O4. The van der Waals surface area contributed by atoms with Crippen molar-refractivity contribution < 1.29 is 19.1 Å². The van der Waals surface area contributed by atoms with Crippen LogP contribution < -0.4 is 10.6 Å². The van der Waals surface area contributed by atoms with Gasteiger partial charge in [-0.3, -0.25) is 19.5 Å². The Kier molecular flexibility index (Phi) is 7.64. The Morgan fingerprint density at radius 2 is 2.05 bits per heavy atom. The maximum Gasteiger partial charge on any atom is 0.244 e. The monoisotopic (exact) mass is 541 g/mol. The molecule has 5 rings (SSSR count). The Bertz CT molecular complexity index is 1330. The molecule has 3 N–H and O–H groups in total. The lowest BCUT2D eigenvalue weighted by molar-refractivity contribution is -0.144. The minimum atomic E-state index is -0.531. The van der Waals surface area contributed by atoms with Gasteiger partial charge in [0.15, 0.2) is 0 Å². The van der Waals surface area contributed by atoms with Crippen molar-refractivity contribution in [3.8, 4) is 0 Å². The highest BCUT2D eigenvalue weighted by Gasteiger charge is 2.39. The fourth-order valence-corrected chi connectivity index (χ4v) is 5.56. The fourth-order valence-electron chi connectivity index (χ4n) is 5.34. The maximum absolute atomic E-state index is 13.7. The highest BCUT2D eigenvalue weighted by molar-refractivity contribution is 6.33. The number of hydrogen-bond donors (Lipinski definition) is 3. The minimum Gasteiger partial charge on any atom is -0.381 e. The van der Waals surface area contributed by atoms with Gasteiger partial charge in [-0.05, 0) is 44.4 Å². The number of carbonyl (C=O) groups is 2. The van der Waals surface area contributed by atoms with Gasteiger partial charge in [-0.2, -0.15) is 0 Å². The van der Waals surface area contributed by atoms with E-state index in [2.05, 4.69) is 39.3 Å². The second-order valence-electron chi connectivity index (χ2n) is 11.3. The van der Waals surface area contributed by atoms with Gasteiger partial charge in [-0.25, -0.2) is 0 Å². The van der Waals surface area contributed by atoms with Gasteiger partial charge in [0.1, 0.15) is 6.04 Å². The van der Waals surface area contributed by atoms with Crippen LogP contribution in [0.4, 0.5) is 5.69 Å². The molecule has 4 heterocycles. The van der Waals surface area contributed by atoms with E-state index in [1.807, 2.05) is 26.0 Å². The third kappa shape index (κ3) is 5.66. The SMILES string of the molecule is CC(C)[C@@H](CN1CC(C)(C)OCC1C(=O)Nc1cc(Cl)cc2c1[nH]c1cnccc12)NC(=O)C1CCOC1. The number of anilines is 1. The molecule has 3 aromatic rings. The molecule has 2 aliphatic rings. The van der Waals surface area contributed by atoms with Crippen LogP contribution in [0.2, 0.25) is 5.02 Å². The number of nitrogens with zero attached hydrogens (tertiary/aromatic N) is 2. The third-order valence-corrected chi connectivity index (χ3v) is 7.77. The second kappa shape index (κ2) is 10.8. The summed E-state index contributed by atoms with van der Waals surface area (Å²) in [5.74, 6) is -0.0973. The average molecular weight is 542 g/mol. The van der Waals surface area contributed by atoms with Gasteiger partial charge in [-0.1, -0.05) is 25.4 Å². The zero-order valence-electron chi connectivity index (χ0n) is 22.3. The molecule has 2 saturated heterocycles. The number of aromatic nitrogens is 2. The van der Waals surface area contributed by atoms with E-state index in [0.29, 0.717) is 37.0 Å². The Balaban J connectivity index is 1.38. The summed E-state index contributed by atoms with van der Waals surface area (Å²) in [7, 11) is 0. The number of H-pyrrole nitrogens is 1. The van der Waals surface area contributed by atoms with Crippen LogP contribution in [0.5, 0.6) is 0 Å². The van der Waals surface area contributed by atoms with Gasteiger partial charge >= 0.3 is 0 Å². The number of fused-ring (bicyclic) bond motifs is 3. The van der Waals surface area contributed by atoms with E-state index in [1.54, 1.807) is 18.5 Å². The summed E-state index contributed by atoms with van der Waals surface area (Å²) in [4.78, 5) is 36.3. The lowest BCUT2D eigenvalue weighted by Gasteiger charge is -2.44.